The van der Waals surface area contributed by atoms with E-state index in [0.717, 1.165) is 11.4 Å². The van der Waals surface area contributed by atoms with Crippen LogP contribution in [0.1, 0.15) is 19.5 Å². The highest BCUT2D eigenvalue weighted by molar-refractivity contribution is 14.0. The summed E-state index contributed by atoms with van der Waals surface area (Å²) >= 11 is 0. The first kappa shape index (κ1) is 26.4. The molecule has 0 bridgehead atoms. The number of aliphatic imine (C=N–C) groups is 1. The fourth-order valence-corrected chi connectivity index (χ4v) is 3.46. The van der Waals surface area contributed by atoms with Crippen molar-refractivity contribution in [1.29, 1.82) is 0 Å². The van der Waals surface area contributed by atoms with Crippen molar-refractivity contribution in [3.63, 3.8) is 0 Å². The maximum absolute atomic E-state index is 13.1. The van der Waals surface area contributed by atoms with Gasteiger partial charge in [0, 0.05) is 51.9 Å². The van der Waals surface area contributed by atoms with Gasteiger partial charge in [-0.15, -0.1) is 24.0 Å². The number of aromatic nitrogens is 2. The Morgan fingerprint density at radius 3 is 2.38 bits per heavy atom. The molecule has 0 amide bonds. The number of nitrogens with one attached hydrogen (secondary N) is 1. The predicted molar refractivity (Wildman–Crippen MR) is 127 cm³/mol. The van der Waals surface area contributed by atoms with Crippen molar-refractivity contribution < 1.29 is 17.6 Å². The van der Waals surface area contributed by atoms with Gasteiger partial charge in [-0.2, -0.15) is 18.3 Å². The molecule has 1 atom stereocenters. The zero-order chi connectivity index (χ0) is 22.4. The lowest BCUT2D eigenvalue weighted by Gasteiger charge is -2.39. The van der Waals surface area contributed by atoms with Gasteiger partial charge in [0.1, 0.15) is 11.9 Å². The van der Waals surface area contributed by atoms with Crippen LogP contribution in [0.5, 0.6) is 0 Å². The molecule has 1 N–H and O–H groups in total. The summed E-state index contributed by atoms with van der Waals surface area (Å²) in [6.45, 7) is 6.01. The van der Waals surface area contributed by atoms with Gasteiger partial charge in [0.25, 0.3) is 0 Å². The molecule has 6 nitrogen and oxygen atoms in total. The van der Waals surface area contributed by atoms with E-state index in [1.807, 2.05) is 24.1 Å². The van der Waals surface area contributed by atoms with Gasteiger partial charge in [0.2, 0.25) is 0 Å². The van der Waals surface area contributed by atoms with E-state index in [1.165, 1.54) is 24.0 Å². The number of benzene rings is 1. The first-order valence-corrected chi connectivity index (χ1v) is 10.4. The van der Waals surface area contributed by atoms with Crippen LogP contribution in [0.3, 0.4) is 0 Å². The normalized spacial score (nSPS) is 16.6. The van der Waals surface area contributed by atoms with Crippen LogP contribution in [-0.4, -0.2) is 77.0 Å². The van der Waals surface area contributed by atoms with Gasteiger partial charge in [0.05, 0.1) is 11.4 Å². The maximum atomic E-state index is 13.1. The zero-order valence-electron chi connectivity index (χ0n) is 18.1. The Hall–Kier alpha value is -1.89. The summed E-state index contributed by atoms with van der Waals surface area (Å²) in [6.07, 6.45) is -1.77. The molecule has 2 aromatic rings. The Balaban J connectivity index is 0.00000363. The summed E-state index contributed by atoms with van der Waals surface area (Å²) < 4.78 is 53.6. The third-order valence-electron chi connectivity index (χ3n) is 5.34. The number of piperazine rings is 1. The van der Waals surface area contributed by atoms with Gasteiger partial charge >= 0.3 is 6.18 Å². The van der Waals surface area contributed by atoms with Crippen LogP contribution < -0.4 is 5.32 Å². The Bertz CT molecular complexity index is 860. The smallest absolute Gasteiger partial charge is 0.357 e. The van der Waals surface area contributed by atoms with E-state index in [2.05, 4.69) is 15.4 Å². The van der Waals surface area contributed by atoms with Crippen LogP contribution in [0.25, 0.3) is 5.69 Å². The van der Waals surface area contributed by atoms with E-state index in [-0.39, 0.29) is 29.8 Å². The van der Waals surface area contributed by atoms with Crippen molar-refractivity contribution in [3.05, 3.63) is 48.0 Å². The average molecular weight is 568 g/mol. The minimum Gasteiger partial charge on any atom is -0.357 e. The second kappa shape index (κ2) is 11.8. The Morgan fingerprint density at radius 2 is 1.78 bits per heavy atom. The van der Waals surface area contributed by atoms with Crippen molar-refractivity contribution in [2.24, 2.45) is 4.99 Å². The van der Waals surface area contributed by atoms with E-state index >= 15 is 0 Å². The fourth-order valence-electron chi connectivity index (χ4n) is 3.46. The molecule has 1 fully saturated rings. The van der Waals surface area contributed by atoms with Gasteiger partial charge in [-0.05, 0) is 44.2 Å². The number of halogens is 5. The van der Waals surface area contributed by atoms with Crippen molar-refractivity contribution in [3.8, 4) is 5.69 Å². The molecular formula is C21H29F4IN6. The lowest BCUT2D eigenvalue weighted by Crippen LogP contribution is -2.56. The van der Waals surface area contributed by atoms with Crippen LogP contribution in [0.2, 0.25) is 0 Å². The Labute approximate surface area is 202 Å². The highest BCUT2D eigenvalue weighted by Crippen LogP contribution is 2.25. The molecule has 3 rings (SSSR count). The van der Waals surface area contributed by atoms with E-state index in [4.69, 9.17) is 0 Å². The molecule has 178 valence electrons. The molecule has 2 heterocycles. The lowest BCUT2D eigenvalue weighted by molar-refractivity contribution is -0.181. The third kappa shape index (κ3) is 7.06. The van der Waals surface area contributed by atoms with Crippen LogP contribution >= 0.6 is 24.0 Å². The molecule has 0 saturated carbocycles. The topological polar surface area (TPSA) is 48.7 Å². The molecule has 32 heavy (non-hydrogen) atoms. The van der Waals surface area contributed by atoms with Gasteiger partial charge in [-0.1, -0.05) is 0 Å². The van der Waals surface area contributed by atoms with Crippen molar-refractivity contribution in [2.75, 3.05) is 39.3 Å². The quantitative estimate of drug-likeness (QED) is 0.250. The summed E-state index contributed by atoms with van der Waals surface area (Å²) in [5.41, 5.74) is 1.63. The molecule has 1 unspecified atom stereocenters. The SMILES string of the molecule is CCNC(=NCCc1ccn(-c2ccc(F)cc2)n1)N1CCN(C(C)C(F)(F)F)CC1.I. The van der Waals surface area contributed by atoms with Crippen molar-refractivity contribution in [1.82, 2.24) is 24.9 Å². The van der Waals surface area contributed by atoms with Crippen molar-refractivity contribution in [2.45, 2.75) is 32.5 Å². The number of hydrogen-bond acceptors (Lipinski definition) is 3. The molecule has 1 aromatic carbocycles. The summed E-state index contributed by atoms with van der Waals surface area (Å²) in [6, 6.07) is 6.55. The van der Waals surface area contributed by atoms with Crippen LogP contribution in [0, 0.1) is 5.82 Å². The van der Waals surface area contributed by atoms with Crippen LogP contribution in [-0.2, 0) is 6.42 Å². The molecule has 11 heteroatoms. The van der Waals surface area contributed by atoms with Gasteiger partial charge in [-0.25, -0.2) is 9.07 Å². The van der Waals surface area contributed by atoms with Gasteiger partial charge < -0.3 is 10.2 Å². The van der Waals surface area contributed by atoms with Gasteiger partial charge in [-0.3, -0.25) is 9.89 Å². The first-order chi connectivity index (χ1) is 14.8. The lowest BCUT2D eigenvalue weighted by atomic mass is 10.2. The number of guanidine groups is 1. The summed E-state index contributed by atoms with van der Waals surface area (Å²) in [4.78, 5) is 8.10. The zero-order valence-corrected chi connectivity index (χ0v) is 20.5. The van der Waals surface area contributed by atoms with Crippen LogP contribution in [0.4, 0.5) is 17.6 Å². The van der Waals surface area contributed by atoms with E-state index < -0.39 is 12.2 Å². The number of alkyl halides is 3. The monoisotopic (exact) mass is 568 g/mol. The highest BCUT2D eigenvalue weighted by Gasteiger charge is 2.41. The fraction of sp³-hybridized carbons (Fsp3) is 0.524. The maximum Gasteiger partial charge on any atom is 0.403 e. The van der Waals surface area contributed by atoms with Crippen molar-refractivity contribution >= 4 is 29.9 Å². The van der Waals surface area contributed by atoms with E-state index in [0.29, 0.717) is 51.6 Å². The number of nitrogens with zero attached hydrogens (tertiary/aromatic N) is 5. The minimum absolute atomic E-state index is 0. The standard InChI is InChI=1S/C21H28F4N6.HI/c1-3-26-20(30-14-12-29(13-15-30)16(2)21(23,24)25)27-10-8-18-9-11-31(28-18)19-6-4-17(22)5-7-19;/h4-7,9,11,16H,3,8,10,12-15H2,1-2H3,(H,26,27);1H. The number of rotatable bonds is 6. The molecule has 0 radical (unpaired) electrons. The second-order valence-electron chi connectivity index (χ2n) is 7.45. The van der Waals surface area contributed by atoms with Crippen LogP contribution in [0.15, 0.2) is 41.5 Å². The minimum atomic E-state index is -4.21. The highest BCUT2D eigenvalue weighted by atomic mass is 127. The first-order valence-electron chi connectivity index (χ1n) is 10.4. The number of hydrogen-bond donors (Lipinski definition) is 1. The average Bonchev–Trinajstić information content (AvgIpc) is 3.21. The molecular weight excluding hydrogens is 539 g/mol. The summed E-state index contributed by atoms with van der Waals surface area (Å²) in [5, 5.41) is 7.72. The Kier molecular flexibility index (Phi) is 9.74. The molecule has 1 aliphatic heterocycles. The molecule has 0 spiro atoms. The predicted octanol–water partition coefficient (Wildman–Crippen LogP) is 3.71. The van der Waals surface area contributed by atoms with E-state index in [1.54, 1.807) is 16.8 Å². The van der Waals surface area contributed by atoms with Gasteiger partial charge in [0.15, 0.2) is 5.96 Å². The molecule has 1 aromatic heterocycles. The second-order valence-corrected chi connectivity index (χ2v) is 7.45. The third-order valence-corrected chi connectivity index (χ3v) is 5.34. The molecule has 1 aliphatic rings. The van der Waals surface area contributed by atoms with E-state index in [9.17, 15) is 17.6 Å². The molecule has 0 aliphatic carbocycles. The Morgan fingerprint density at radius 1 is 1.12 bits per heavy atom. The molecule has 1 saturated heterocycles. The largest absolute Gasteiger partial charge is 0.403 e. The summed E-state index contributed by atoms with van der Waals surface area (Å²) in [7, 11) is 0. The summed E-state index contributed by atoms with van der Waals surface area (Å²) in [5.74, 6) is 0.412.